The van der Waals surface area contributed by atoms with Gasteiger partial charge in [-0.05, 0) is 34.3 Å². The number of aromatic nitrogens is 1. The summed E-state index contributed by atoms with van der Waals surface area (Å²) in [6.07, 6.45) is 2.53. The number of primary amides is 1. The fraction of sp³-hybridized carbons (Fsp3) is 0.500. The topological polar surface area (TPSA) is 97.1 Å². The van der Waals surface area contributed by atoms with Gasteiger partial charge in [-0.3, -0.25) is 9.59 Å². The molecule has 6 nitrogen and oxygen atoms in total. The van der Waals surface area contributed by atoms with Crippen LogP contribution in [-0.2, 0) is 4.79 Å². The molecule has 0 aliphatic rings. The van der Waals surface area contributed by atoms with E-state index in [2.05, 4.69) is 31.5 Å². The number of nitrogens with two attached hydrogens (primary N) is 1. The van der Waals surface area contributed by atoms with Gasteiger partial charge in [-0.1, -0.05) is 20.8 Å². The van der Waals surface area contributed by atoms with Crippen LogP contribution >= 0.6 is 15.9 Å². The monoisotopic (exact) mass is 356 g/mol. The van der Waals surface area contributed by atoms with Crippen molar-refractivity contribution < 1.29 is 9.59 Å². The number of hydrogen-bond donors (Lipinski definition) is 3. The van der Waals surface area contributed by atoms with Crippen LogP contribution in [0.3, 0.4) is 0 Å². The molecule has 1 aromatic heterocycles. The van der Waals surface area contributed by atoms with Crippen LogP contribution in [-0.4, -0.2) is 29.4 Å². The molecule has 0 radical (unpaired) electrons. The maximum atomic E-state index is 12.4. The molecule has 0 bridgehead atoms. The number of carbonyl (C=O) groups is 2. The van der Waals surface area contributed by atoms with E-state index in [1.165, 1.54) is 0 Å². The standard InChI is InChI=1S/C14H21BrN4O2/c1-4-5-17-13-10(6-9(15)7-18-13)14(21)19-11(8(2)3)12(16)20/h6-8,11H,4-5H2,1-3H3,(H2,16,20)(H,17,18)(H,19,21). The molecule has 0 aliphatic carbocycles. The average Bonchev–Trinajstić information content (AvgIpc) is 2.42. The smallest absolute Gasteiger partial charge is 0.255 e. The molecule has 0 spiro atoms. The van der Waals surface area contributed by atoms with Crippen molar-refractivity contribution in [3.05, 3.63) is 22.3 Å². The van der Waals surface area contributed by atoms with Crippen molar-refractivity contribution in [3.8, 4) is 0 Å². The Bertz CT molecular complexity index is 520. The zero-order chi connectivity index (χ0) is 16.0. The summed E-state index contributed by atoms with van der Waals surface area (Å²) in [5, 5.41) is 5.76. The first-order chi connectivity index (χ1) is 9.86. The summed E-state index contributed by atoms with van der Waals surface area (Å²) in [5.41, 5.74) is 5.70. The van der Waals surface area contributed by atoms with Crippen molar-refractivity contribution in [2.24, 2.45) is 11.7 Å². The van der Waals surface area contributed by atoms with Gasteiger partial charge < -0.3 is 16.4 Å². The lowest BCUT2D eigenvalue weighted by molar-refractivity contribution is -0.120. The van der Waals surface area contributed by atoms with Gasteiger partial charge in [-0.25, -0.2) is 4.98 Å². The fourth-order valence-electron chi connectivity index (χ4n) is 1.78. The number of nitrogens with one attached hydrogen (secondary N) is 2. The number of hydrogen-bond acceptors (Lipinski definition) is 4. The number of carbonyl (C=O) groups excluding carboxylic acids is 2. The van der Waals surface area contributed by atoms with Crippen LogP contribution in [0.5, 0.6) is 0 Å². The van der Waals surface area contributed by atoms with Crippen LogP contribution in [0.25, 0.3) is 0 Å². The molecule has 1 heterocycles. The summed E-state index contributed by atoms with van der Waals surface area (Å²) in [5.74, 6) is -0.521. The molecule has 1 rings (SSSR count). The van der Waals surface area contributed by atoms with Crippen molar-refractivity contribution in [3.63, 3.8) is 0 Å². The highest BCUT2D eigenvalue weighted by molar-refractivity contribution is 9.10. The summed E-state index contributed by atoms with van der Waals surface area (Å²) < 4.78 is 0.690. The van der Waals surface area contributed by atoms with Gasteiger partial charge >= 0.3 is 0 Å². The molecule has 2 amide bonds. The second-order valence-electron chi connectivity index (χ2n) is 5.07. The minimum absolute atomic E-state index is 0.0846. The minimum atomic E-state index is -0.712. The van der Waals surface area contributed by atoms with Crippen molar-refractivity contribution in [1.29, 1.82) is 0 Å². The number of amides is 2. The van der Waals surface area contributed by atoms with E-state index in [0.717, 1.165) is 6.42 Å². The molecule has 0 saturated heterocycles. The second kappa shape index (κ2) is 7.97. The molecule has 0 fully saturated rings. The number of anilines is 1. The SMILES string of the molecule is CCCNc1ncc(Br)cc1C(=O)NC(C(N)=O)C(C)C. The highest BCUT2D eigenvalue weighted by Crippen LogP contribution is 2.18. The first kappa shape index (κ1) is 17.4. The Balaban J connectivity index is 2.99. The molecule has 7 heteroatoms. The van der Waals surface area contributed by atoms with E-state index in [9.17, 15) is 9.59 Å². The van der Waals surface area contributed by atoms with Gasteiger partial charge in [0.25, 0.3) is 5.91 Å². The van der Waals surface area contributed by atoms with E-state index in [-0.39, 0.29) is 11.8 Å². The first-order valence-corrected chi connectivity index (χ1v) is 7.65. The summed E-state index contributed by atoms with van der Waals surface area (Å²) in [7, 11) is 0. The minimum Gasteiger partial charge on any atom is -0.369 e. The van der Waals surface area contributed by atoms with Crippen LogP contribution in [0.4, 0.5) is 5.82 Å². The van der Waals surface area contributed by atoms with Crippen molar-refractivity contribution >= 4 is 33.6 Å². The van der Waals surface area contributed by atoms with Gasteiger partial charge in [-0.15, -0.1) is 0 Å². The lowest BCUT2D eigenvalue weighted by Crippen LogP contribution is -2.47. The molecule has 0 aliphatic heterocycles. The third-order valence-electron chi connectivity index (χ3n) is 2.90. The molecule has 1 unspecified atom stereocenters. The number of nitrogens with zero attached hydrogens (tertiary/aromatic N) is 1. The maximum Gasteiger partial charge on any atom is 0.255 e. The quantitative estimate of drug-likeness (QED) is 0.694. The van der Waals surface area contributed by atoms with Gasteiger partial charge in [0.05, 0.1) is 5.56 Å². The Morgan fingerprint density at radius 2 is 2.10 bits per heavy atom. The van der Waals surface area contributed by atoms with E-state index in [1.54, 1.807) is 12.3 Å². The summed E-state index contributed by atoms with van der Waals surface area (Å²) in [6.45, 7) is 6.38. The molecular formula is C14H21BrN4O2. The Kier molecular flexibility index (Phi) is 6.61. The van der Waals surface area contributed by atoms with Crippen molar-refractivity contribution in [1.82, 2.24) is 10.3 Å². The Morgan fingerprint density at radius 1 is 1.43 bits per heavy atom. The van der Waals surface area contributed by atoms with Gasteiger partial charge in [0.2, 0.25) is 5.91 Å². The van der Waals surface area contributed by atoms with Crippen molar-refractivity contribution in [2.45, 2.75) is 33.2 Å². The Hall–Kier alpha value is -1.63. The van der Waals surface area contributed by atoms with Crippen LogP contribution < -0.4 is 16.4 Å². The molecule has 0 saturated carbocycles. The third-order valence-corrected chi connectivity index (χ3v) is 3.33. The zero-order valence-electron chi connectivity index (χ0n) is 12.4. The van der Waals surface area contributed by atoms with Gasteiger partial charge in [0.1, 0.15) is 11.9 Å². The molecule has 1 atom stereocenters. The van der Waals surface area contributed by atoms with E-state index in [1.807, 2.05) is 20.8 Å². The van der Waals surface area contributed by atoms with Gasteiger partial charge in [-0.2, -0.15) is 0 Å². The fourth-order valence-corrected chi connectivity index (χ4v) is 2.11. The summed E-state index contributed by atoms with van der Waals surface area (Å²) in [4.78, 5) is 28.0. The van der Waals surface area contributed by atoms with Crippen LogP contribution in [0, 0.1) is 5.92 Å². The molecule has 4 N–H and O–H groups in total. The molecule has 0 aromatic carbocycles. The van der Waals surface area contributed by atoms with E-state index >= 15 is 0 Å². The predicted octanol–water partition coefficient (Wildman–Crippen LogP) is 1.91. The second-order valence-corrected chi connectivity index (χ2v) is 5.99. The van der Waals surface area contributed by atoms with E-state index < -0.39 is 11.9 Å². The van der Waals surface area contributed by atoms with Crippen molar-refractivity contribution in [2.75, 3.05) is 11.9 Å². The Morgan fingerprint density at radius 3 is 2.62 bits per heavy atom. The third kappa shape index (κ3) is 5.00. The van der Waals surface area contributed by atoms with Gasteiger partial charge in [0, 0.05) is 17.2 Å². The lowest BCUT2D eigenvalue weighted by atomic mass is 10.0. The van der Waals surface area contributed by atoms with Crippen LogP contribution in [0.1, 0.15) is 37.6 Å². The molecular weight excluding hydrogens is 336 g/mol. The molecule has 116 valence electrons. The maximum absolute atomic E-state index is 12.4. The summed E-state index contributed by atoms with van der Waals surface area (Å²) >= 11 is 3.29. The summed E-state index contributed by atoms with van der Waals surface area (Å²) in [6, 6.07) is 0.953. The lowest BCUT2D eigenvalue weighted by Gasteiger charge is -2.20. The number of pyridine rings is 1. The molecule has 1 aromatic rings. The number of rotatable bonds is 7. The predicted molar refractivity (Wildman–Crippen MR) is 86.0 cm³/mol. The highest BCUT2D eigenvalue weighted by Gasteiger charge is 2.24. The van der Waals surface area contributed by atoms with E-state index in [4.69, 9.17) is 5.73 Å². The first-order valence-electron chi connectivity index (χ1n) is 6.86. The highest BCUT2D eigenvalue weighted by atomic mass is 79.9. The number of halogens is 1. The van der Waals surface area contributed by atoms with Crippen LogP contribution in [0.2, 0.25) is 0 Å². The van der Waals surface area contributed by atoms with Crippen LogP contribution in [0.15, 0.2) is 16.7 Å². The molecule has 21 heavy (non-hydrogen) atoms. The normalized spacial score (nSPS) is 12.0. The largest absolute Gasteiger partial charge is 0.369 e. The zero-order valence-corrected chi connectivity index (χ0v) is 14.0. The Labute approximate surface area is 133 Å². The average molecular weight is 357 g/mol. The van der Waals surface area contributed by atoms with E-state index in [0.29, 0.717) is 22.4 Å². The van der Waals surface area contributed by atoms with Gasteiger partial charge in [0.15, 0.2) is 0 Å².